The van der Waals surface area contributed by atoms with Crippen LogP contribution in [-0.2, 0) is 26.8 Å². The first-order valence-electron chi connectivity index (χ1n) is 11.3. The zero-order chi connectivity index (χ0) is 24.1. The van der Waals surface area contributed by atoms with E-state index in [4.69, 9.17) is 4.74 Å². The zero-order valence-electron chi connectivity index (χ0n) is 20.0. The molecule has 0 spiro atoms. The highest BCUT2D eigenvalue weighted by Crippen LogP contribution is 2.23. The second kappa shape index (κ2) is 10.7. The third kappa shape index (κ3) is 7.03. The molecule has 1 N–H and O–H groups in total. The lowest BCUT2D eigenvalue weighted by molar-refractivity contribution is -0.132. The summed E-state index contributed by atoms with van der Waals surface area (Å²) in [4.78, 5) is 16.9. The van der Waals surface area contributed by atoms with Gasteiger partial charge in [0.2, 0.25) is 15.9 Å². The number of nitrogens with one attached hydrogen (secondary N) is 1. The van der Waals surface area contributed by atoms with Crippen molar-refractivity contribution in [1.29, 1.82) is 0 Å². The number of rotatable bonds is 8. The van der Waals surface area contributed by atoms with Crippen LogP contribution in [0.3, 0.4) is 0 Å². The molecule has 0 unspecified atom stereocenters. The first-order chi connectivity index (χ1) is 15.6. The first-order valence-corrected chi connectivity index (χ1v) is 12.8. The van der Waals surface area contributed by atoms with Crippen molar-refractivity contribution in [2.75, 3.05) is 39.8 Å². The molecule has 1 saturated heterocycles. The van der Waals surface area contributed by atoms with E-state index in [2.05, 4.69) is 42.5 Å². The Kier molecular flexibility index (Phi) is 8.15. The molecule has 1 heterocycles. The Bertz CT molecular complexity index is 1020. The van der Waals surface area contributed by atoms with Crippen molar-refractivity contribution < 1.29 is 17.9 Å². The van der Waals surface area contributed by atoms with Gasteiger partial charge in [-0.05, 0) is 40.8 Å². The molecule has 0 aromatic heterocycles. The van der Waals surface area contributed by atoms with Crippen LogP contribution in [0.4, 0.5) is 0 Å². The molecule has 0 saturated carbocycles. The van der Waals surface area contributed by atoms with Gasteiger partial charge in [0.05, 0.1) is 12.0 Å². The number of methoxy groups -OCH3 is 1. The third-order valence-electron chi connectivity index (χ3n) is 5.95. The van der Waals surface area contributed by atoms with E-state index >= 15 is 0 Å². The molecule has 1 fully saturated rings. The van der Waals surface area contributed by atoms with Crippen LogP contribution in [0.2, 0.25) is 0 Å². The van der Waals surface area contributed by atoms with Crippen LogP contribution in [0.25, 0.3) is 0 Å². The Morgan fingerprint density at radius 2 is 1.58 bits per heavy atom. The molecule has 33 heavy (non-hydrogen) atoms. The quantitative estimate of drug-likeness (QED) is 0.638. The molecule has 2 aromatic rings. The number of benzene rings is 2. The van der Waals surface area contributed by atoms with Crippen molar-refractivity contribution >= 4 is 15.9 Å². The van der Waals surface area contributed by atoms with Crippen molar-refractivity contribution in [3.63, 3.8) is 0 Å². The van der Waals surface area contributed by atoms with Crippen LogP contribution < -0.4 is 9.46 Å². The SMILES string of the molecule is COc1ccc(CN2CCN(C(=O)CCNS(=O)(=O)c3ccc(C(C)(C)C)cc3)CC2)cc1. The first kappa shape index (κ1) is 25.2. The second-order valence-corrected chi connectivity index (χ2v) is 11.2. The summed E-state index contributed by atoms with van der Waals surface area (Å²) >= 11 is 0. The van der Waals surface area contributed by atoms with Gasteiger partial charge in [-0.15, -0.1) is 0 Å². The van der Waals surface area contributed by atoms with Gasteiger partial charge in [-0.25, -0.2) is 13.1 Å². The molecular formula is C25H35N3O4S. The molecule has 0 aliphatic carbocycles. The highest BCUT2D eigenvalue weighted by molar-refractivity contribution is 7.89. The van der Waals surface area contributed by atoms with Crippen LogP contribution in [0.15, 0.2) is 53.4 Å². The number of ether oxygens (including phenoxy) is 1. The summed E-state index contributed by atoms with van der Waals surface area (Å²) in [5.74, 6) is 0.816. The van der Waals surface area contributed by atoms with Gasteiger partial charge in [0.15, 0.2) is 0 Å². The molecule has 0 bridgehead atoms. The topological polar surface area (TPSA) is 79.0 Å². The van der Waals surface area contributed by atoms with E-state index in [1.165, 1.54) is 5.56 Å². The van der Waals surface area contributed by atoms with Gasteiger partial charge in [-0.2, -0.15) is 0 Å². The van der Waals surface area contributed by atoms with Crippen molar-refractivity contribution in [2.45, 2.75) is 44.0 Å². The molecule has 2 aromatic carbocycles. The maximum absolute atomic E-state index is 12.6. The van der Waals surface area contributed by atoms with Crippen molar-refractivity contribution in [1.82, 2.24) is 14.5 Å². The predicted octanol–water partition coefficient (Wildman–Crippen LogP) is 3.01. The van der Waals surface area contributed by atoms with Gasteiger partial charge in [-0.3, -0.25) is 9.69 Å². The Hall–Kier alpha value is -2.42. The maximum atomic E-state index is 12.6. The number of carbonyl (C=O) groups is 1. The van der Waals surface area contributed by atoms with E-state index in [1.54, 1.807) is 19.2 Å². The monoisotopic (exact) mass is 473 g/mol. The van der Waals surface area contributed by atoms with E-state index in [-0.39, 0.29) is 29.2 Å². The molecular weight excluding hydrogens is 438 g/mol. The van der Waals surface area contributed by atoms with E-state index in [1.807, 2.05) is 29.2 Å². The Balaban J connectivity index is 1.42. The minimum absolute atomic E-state index is 0.0233. The summed E-state index contributed by atoms with van der Waals surface area (Å²) in [6.07, 6.45) is 0.151. The minimum Gasteiger partial charge on any atom is -0.497 e. The number of sulfonamides is 1. The Labute approximate surface area is 197 Å². The van der Waals surface area contributed by atoms with Crippen molar-refractivity contribution in [3.8, 4) is 5.75 Å². The molecule has 3 rings (SSSR count). The lowest BCUT2D eigenvalue weighted by Crippen LogP contribution is -2.48. The summed E-state index contributed by atoms with van der Waals surface area (Å²) in [6.45, 7) is 10.1. The lowest BCUT2D eigenvalue weighted by atomic mass is 9.87. The molecule has 8 heteroatoms. The highest BCUT2D eigenvalue weighted by atomic mass is 32.2. The number of amides is 1. The van der Waals surface area contributed by atoms with E-state index in [9.17, 15) is 13.2 Å². The molecule has 7 nitrogen and oxygen atoms in total. The van der Waals surface area contributed by atoms with Crippen LogP contribution in [-0.4, -0.2) is 64.0 Å². The van der Waals surface area contributed by atoms with Gasteiger partial charge >= 0.3 is 0 Å². The standard InChI is InChI=1S/C25H35N3O4S/c1-25(2,3)21-7-11-23(12-8-21)33(30,31)26-14-13-24(29)28-17-15-27(16-18-28)19-20-5-9-22(32-4)10-6-20/h5-12,26H,13-19H2,1-4H3. The summed E-state index contributed by atoms with van der Waals surface area (Å²) < 4.78 is 32.9. The van der Waals surface area contributed by atoms with Crippen LogP contribution in [0.1, 0.15) is 38.3 Å². The fourth-order valence-electron chi connectivity index (χ4n) is 3.81. The fourth-order valence-corrected chi connectivity index (χ4v) is 4.84. The van der Waals surface area contributed by atoms with Gasteiger partial charge in [0, 0.05) is 45.7 Å². The Morgan fingerprint density at radius 1 is 0.970 bits per heavy atom. The molecule has 1 amide bonds. The number of hydrogen-bond donors (Lipinski definition) is 1. The molecule has 1 aliphatic rings. The summed E-state index contributed by atoms with van der Waals surface area (Å²) in [5, 5.41) is 0. The van der Waals surface area contributed by atoms with Gasteiger partial charge < -0.3 is 9.64 Å². The number of piperazine rings is 1. The molecule has 0 atom stereocenters. The largest absolute Gasteiger partial charge is 0.497 e. The zero-order valence-corrected chi connectivity index (χ0v) is 20.8. The Morgan fingerprint density at radius 3 is 2.12 bits per heavy atom. The lowest BCUT2D eigenvalue weighted by Gasteiger charge is -2.34. The summed E-state index contributed by atoms with van der Waals surface area (Å²) in [7, 11) is -1.98. The van der Waals surface area contributed by atoms with Gasteiger partial charge in [-0.1, -0.05) is 45.0 Å². The van der Waals surface area contributed by atoms with Crippen LogP contribution in [0.5, 0.6) is 5.75 Å². The average molecular weight is 474 g/mol. The number of nitrogens with zero attached hydrogens (tertiary/aromatic N) is 2. The number of carbonyl (C=O) groups excluding carboxylic acids is 1. The number of hydrogen-bond acceptors (Lipinski definition) is 5. The van der Waals surface area contributed by atoms with E-state index in [0.29, 0.717) is 13.1 Å². The van der Waals surface area contributed by atoms with Gasteiger partial charge in [0.25, 0.3) is 0 Å². The van der Waals surface area contributed by atoms with Crippen LogP contribution >= 0.6 is 0 Å². The fraction of sp³-hybridized carbons (Fsp3) is 0.480. The van der Waals surface area contributed by atoms with Crippen molar-refractivity contribution in [2.24, 2.45) is 0 Å². The molecule has 1 aliphatic heterocycles. The maximum Gasteiger partial charge on any atom is 0.240 e. The summed E-state index contributed by atoms with van der Waals surface area (Å²) in [5.41, 5.74) is 2.24. The average Bonchev–Trinajstić information content (AvgIpc) is 2.79. The van der Waals surface area contributed by atoms with Gasteiger partial charge in [0.1, 0.15) is 5.75 Å². The normalized spacial score (nSPS) is 15.5. The summed E-state index contributed by atoms with van der Waals surface area (Å²) in [6, 6.07) is 14.9. The van der Waals surface area contributed by atoms with Crippen molar-refractivity contribution in [3.05, 3.63) is 59.7 Å². The minimum atomic E-state index is -3.64. The van der Waals surface area contributed by atoms with E-state index in [0.717, 1.165) is 30.9 Å². The third-order valence-corrected chi connectivity index (χ3v) is 7.43. The predicted molar refractivity (Wildman–Crippen MR) is 130 cm³/mol. The highest BCUT2D eigenvalue weighted by Gasteiger charge is 2.22. The van der Waals surface area contributed by atoms with Crippen LogP contribution in [0, 0.1) is 0 Å². The second-order valence-electron chi connectivity index (χ2n) is 9.43. The molecule has 0 radical (unpaired) electrons. The van der Waals surface area contributed by atoms with E-state index < -0.39 is 10.0 Å². The molecule has 180 valence electrons. The smallest absolute Gasteiger partial charge is 0.240 e.